The summed E-state index contributed by atoms with van der Waals surface area (Å²) in [5.41, 5.74) is 0. The Balaban J connectivity index is 2.78. The van der Waals surface area contributed by atoms with Gasteiger partial charge in [0.1, 0.15) is 0 Å². The molecule has 0 fully saturated rings. The van der Waals surface area contributed by atoms with Gasteiger partial charge < -0.3 is 20.1 Å². The van der Waals surface area contributed by atoms with Crippen molar-refractivity contribution in [1.29, 1.82) is 0 Å². The van der Waals surface area contributed by atoms with Crippen molar-refractivity contribution in [2.24, 2.45) is 0 Å². The molecule has 0 spiro atoms. The van der Waals surface area contributed by atoms with E-state index < -0.39 is 0 Å². The monoisotopic (exact) mass is 204 g/mol. The van der Waals surface area contributed by atoms with Crippen LogP contribution in [-0.4, -0.2) is 52.6 Å². The molecule has 0 aromatic heterocycles. The van der Waals surface area contributed by atoms with Gasteiger partial charge in [0, 0.05) is 39.4 Å². The Bertz CT molecular complexity index is 90.1. The van der Waals surface area contributed by atoms with Crippen LogP contribution in [0.3, 0.4) is 0 Å². The average molecular weight is 204 g/mol. The van der Waals surface area contributed by atoms with Crippen LogP contribution in [0, 0.1) is 0 Å². The Kier molecular flexibility index (Phi) is 12.7. The second-order valence-electron chi connectivity index (χ2n) is 2.89. The molecule has 0 aromatic rings. The predicted molar refractivity (Wildman–Crippen MR) is 58.7 cm³/mol. The van der Waals surface area contributed by atoms with Gasteiger partial charge in [-0.3, -0.25) is 0 Å². The van der Waals surface area contributed by atoms with Gasteiger partial charge in [-0.25, -0.2) is 0 Å². The summed E-state index contributed by atoms with van der Waals surface area (Å²) in [4.78, 5) is 0. The Morgan fingerprint density at radius 2 is 1.14 bits per heavy atom. The van der Waals surface area contributed by atoms with Gasteiger partial charge in [-0.1, -0.05) is 0 Å². The quantitative estimate of drug-likeness (QED) is 0.473. The van der Waals surface area contributed by atoms with Gasteiger partial charge in [-0.15, -0.1) is 0 Å². The molecule has 0 amide bonds. The van der Waals surface area contributed by atoms with E-state index in [0.717, 1.165) is 52.6 Å². The highest BCUT2D eigenvalue weighted by Crippen LogP contribution is 1.71. The second-order valence-corrected chi connectivity index (χ2v) is 2.89. The third kappa shape index (κ3) is 11.8. The number of hydrogen-bond donors (Lipinski definition) is 2. The highest BCUT2D eigenvalue weighted by atomic mass is 16.5. The van der Waals surface area contributed by atoms with Crippen LogP contribution in [0.1, 0.15) is 13.8 Å². The third-order valence-electron chi connectivity index (χ3n) is 1.73. The zero-order chi connectivity index (χ0) is 10.5. The van der Waals surface area contributed by atoms with Crippen molar-refractivity contribution < 1.29 is 9.47 Å². The molecule has 0 saturated heterocycles. The van der Waals surface area contributed by atoms with Gasteiger partial charge in [0.25, 0.3) is 0 Å². The molecule has 0 unspecified atom stereocenters. The molecule has 0 heterocycles. The SMILES string of the molecule is CCOCCNCCNCCOCC. The van der Waals surface area contributed by atoms with Crippen molar-refractivity contribution in [3.05, 3.63) is 0 Å². The lowest BCUT2D eigenvalue weighted by Crippen LogP contribution is -2.31. The van der Waals surface area contributed by atoms with Gasteiger partial charge in [0.15, 0.2) is 0 Å². The van der Waals surface area contributed by atoms with Crippen LogP contribution in [0.25, 0.3) is 0 Å². The minimum absolute atomic E-state index is 0.800. The fraction of sp³-hybridized carbons (Fsp3) is 1.00. The molecule has 0 bridgehead atoms. The lowest BCUT2D eigenvalue weighted by atomic mass is 10.5. The molecule has 0 aliphatic carbocycles. The molecule has 0 aromatic carbocycles. The molecular weight excluding hydrogens is 180 g/mol. The summed E-state index contributed by atoms with van der Waals surface area (Å²) in [6.07, 6.45) is 0. The molecule has 14 heavy (non-hydrogen) atoms. The van der Waals surface area contributed by atoms with E-state index in [9.17, 15) is 0 Å². The minimum Gasteiger partial charge on any atom is -0.380 e. The topological polar surface area (TPSA) is 42.5 Å². The number of ether oxygens (including phenoxy) is 2. The van der Waals surface area contributed by atoms with Crippen molar-refractivity contribution in [2.75, 3.05) is 52.6 Å². The molecule has 0 aliphatic heterocycles. The standard InChI is InChI=1S/C10H24N2O2/c1-3-13-9-7-11-5-6-12-8-10-14-4-2/h11-12H,3-10H2,1-2H3. The molecule has 4 nitrogen and oxygen atoms in total. The van der Waals surface area contributed by atoms with E-state index in [4.69, 9.17) is 9.47 Å². The van der Waals surface area contributed by atoms with Gasteiger partial charge in [0.2, 0.25) is 0 Å². The normalized spacial score (nSPS) is 10.7. The minimum atomic E-state index is 0.800. The molecule has 0 atom stereocenters. The van der Waals surface area contributed by atoms with Crippen LogP contribution in [0.15, 0.2) is 0 Å². The Labute approximate surface area is 87.4 Å². The maximum Gasteiger partial charge on any atom is 0.0590 e. The largest absolute Gasteiger partial charge is 0.380 e. The Hall–Kier alpha value is -0.160. The van der Waals surface area contributed by atoms with E-state index >= 15 is 0 Å². The lowest BCUT2D eigenvalue weighted by Gasteiger charge is -2.06. The number of nitrogens with one attached hydrogen (secondary N) is 2. The van der Waals surface area contributed by atoms with E-state index in [1.165, 1.54) is 0 Å². The van der Waals surface area contributed by atoms with Crippen LogP contribution in [0.4, 0.5) is 0 Å². The van der Waals surface area contributed by atoms with Gasteiger partial charge in [0.05, 0.1) is 13.2 Å². The van der Waals surface area contributed by atoms with Gasteiger partial charge in [-0.2, -0.15) is 0 Å². The highest BCUT2D eigenvalue weighted by Gasteiger charge is 1.88. The van der Waals surface area contributed by atoms with E-state index in [1.807, 2.05) is 13.8 Å². The Morgan fingerprint density at radius 3 is 1.50 bits per heavy atom. The summed E-state index contributed by atoms with van der Waals surface area (Å²) in [6.45, 7) is 11.1. The van der Waals surface area contributed by atoms with Crippen LogP contribution in [0.5, 0.6) is 0 Å². The van der Waals surface area contributed by atoms with E-state index in [0.29, 0.717) is 0 Å². The van der Waals surface area contributed by atoms with Crippen LogP contribution >= 0.6 is 0 Å². The van der Waals surface area contributed by atoms with Crippen LogP contribution in [-0.2, 0) is 9.47 Å². The summed E-state index contributed by atoms with van der Waals surface area (Å²) in [5.74, 6) is 0. The van der Waals surface area contributed by atoms with Crippen LogP contribution in [0.2, 0.25) is 0 Å². The lowest BCUT2D eigenvalue weighted by molar-refractivity contribution is 0.146. The molecule has 2 N–H and O–H groups in total. The zero-order valence-electron chi connectivity index (χ0n) is 9.47. The summed E-state index contributed by atoms with van der Waals surface area (Å²) in [7, 11) is 0. The Morgan fingerprint density at radius 1 is 0.714 bits per heavy atom. The van der Waals surface area contributed by atoms with Crippen molar-refractivity contribution in [3.63, 3.8) is 0 Å². The molecule has 0 radical (unpaired) electrons. The summed E-state index contributed by atoms with van der Waals surface area (Å²) in [5, 5.41) is 6.57. The highest BCUT2D eigenvalue weighted by molar-refractivity contribution is 4.51. The smallest absolute Gasteiger partial charge is 0.0590 e. The van der Waals surface area contributed by atoms with Crippen molar-refractivity contribution in [1.82, 2.24) is 10.6 Å². The second kappa shape index (κ2) is 12.8. The fourth-order valence-corrected chi connectivity index (χ4v) is 1.00. The first-order valence-corrected chi connectivity index (χ1v) is 5.48. The summed E-state index contributed by atoms with van der Waals surface area (Å²) in [6, 6.07) is 0. The summed E-state index contributed by atoms with van der Waals surface area (Å²) >= 11 is 0. The first-order chi connectivity index (χ1) is 6.91. The van der Waals surface area contributed by atoms with Gasteiger partial charge in [-0.05, 0) is 13.8 Å². The van der Waals surface area contributed by atoms with Gasteiger partial charge >= 0.3 is 0 Å². The summed E-state index contributed by atoms with van der Waals surface area (Å²) < 4.78 is 10.4. The fourth-order valence-electron chi connectivity index (χ4n) is 1.00. The molecule has 0 saturated carbocycles. The number of rotatable bonds is 11. The molecule has 4 heteroatoms. The molecular formula is C10H24N2O2. The predicted octanol–water partition coefficient (Wildman–Crippen LogP) is 0.239. The maximum absolute atomic E-state index is 5.19. The molecule has 86 valence electrons. The van der Waals surface area contributed by atoms with Crippen molar-refractivity contribution in [3.8, 4) is 0 Å². The first kappa shape index (κ1) is 13.8. The van der Waals surface area contributed by atoms with Crippen molar-refractivity contribution >= 4 is 0 Å². The van der Waals surface area contributed by atoms with E-state index in [-0.39, 0.29) is 0 Å². The molecule has 0 rings (SSSR count). The van der Waals surface area contributed by atoms with Crippen LogP contribution < -0.4 is 10.6 Å². The molecule has 0 aliphatic rings. The number of hydrogen-bond acceptors (Lipinski definition) is 4. The van der Waals surface area contributed by atoms with E-state index in [2.05, 4.69) is 10.6 Å². The first-order valence-electron chi connectivity index (χ1n) is 5.48. The zero-order valence-corrected chi connectivity index (χ0v) is 9.47. The average Bonchev–Trinajstić information content (AvgIpc) is 2.21. The maximum atomic E-state index is 5.19. The van der Waals surface area contributed by atoms with Crippen molar-refractivity contribution in [2.45, 2.75) is 13.8 Å². The third-order valence-corrected chi connectivity index (χ3v) is 1.73. The van der Waals surface area contributed by atoms with E-state index in [1.54, 1.807) is 0 Å².